The molecule has 0 amide bonds. The molecule has 0 bridgehead atoms. The molecule has 5 rings (SSSR count). The molecule has 0 aliphatic carbocycles. The van der Waals surface area contributed by atoms with E-state index >= 15 is 0 Å². The summed E-state index contributed by atoms with van der Waals surface area (Å²) >= 11 is 0. The van der Waals surface area contributed by atoms with E-state index in [-0.39, 0.29) is 17.4 Å². The number of aromatic nitrogens is 5. The number of halogens is 1. The molecule has 0 unspecified atom stereocenters. The second-order valence-corrected chi connectivity index (χ2v) is 9.49. The fourth-order valence-electron chi connectivity index (χ4n) is 3.84. The van der Waals surface area contributed by atoms with Crippen LogP contribution >= 0.6 is 0 Å². The second-order valence-electron chi connectivity index (χ2n) is 7.53. The molecule has 32 heavy (non-hydrogen) atoms. The van der Waals surface area contributed by atoms with E-state index in [0.717, 1.165) is 11.8 Å². The lowest BCUT2D eigenvalue weighted by Crippen LogP contribution is -2.10. The lowest BCUT2D eigenvalue weighted by molar-refractivity contribution is 0.356. The molecule has 0 spiro atoms. The Morgan fingerprint density at radius 3 is 2.84 bits per heavy atom. The first-order chi connectivity index (χ1) is 15.3. The molecule has 11 heteroatoms. The normalized spacial score (nSPS) is 13.2. The van der Waals surface area contributed by atoms with E-state index in [1.54, 1.807) is 29.7 Å². The van der Waals surface area contributed by atoms with Gasteiger partial charge in [0, 0.05) is 53.4 Å². The zero-order chi connectivity index (χ0) is 22.5. The van der Waals surface area contributed by atoms with Crippen molar-refractivity contribution in [1.29, 1.82) is 0 Å². The van der Waals surface area contributed by atoms with Crippen LogP contribution in [0.15, 0.2) is 41.8 Å². The molecule has 1 aromatic carbocycles. The summed E-state index contributed by atoms with van der Waals surface area (Å²) in [5.41, 5.74) is 3.80. The molecule has 0 atom stereocenters. The van der Waals surface area contributed by atoms with Crippen LogP contribution in [0.3, 0.4) is 0 Å². The summed E-state index contributed by atoms with van der Waals surface area (Å²) in [6, 6.07) is 6.19. The molecular weight excluding hydrogens is 435 g/mol. The average molecular weight is 454 g/mol. The highest BCUT2D eigenvalue weighted by atomic mass is 32.2. The van der Waals surface area contributed by atoms with Crippen molar-refractivity contribution in [1.82, 2.24) is 24.6 Å². The predicted molar refractivity (Wildman–Crippen MR) is 115 cm³/mol. The van der Waals surface area contributed by atoms with Gasteiger partial charge in [-0.25, -0.2) is 22.8 Å². The van der Waals surface area contributed by atoms with Gasteiger partial charge in [-0.2, -0.15) is 0 Å². The van der Waals surface area contributed by atoms with E-state index in [4.69, 9.17) is 4.74 Å². The lowest BCUT2D eigenvalue weighted by Gasteiger charge is -2.13. The second kappa shape index (κ2) is 7.52. The van der Waals surface area contributed by atoms with E-state index in [1.165, 1.54) is 18.5 Å². The van der Waals surface area contributed by atoms with Gasteiger partial charge < -0.3 is 10.1 Å². The molecule has 0 saturated heterocycles. The largest absolute Gasteiger partial charge is 0.493 e. The van der Waals surface area contributed by atoms with Crippen LogP contribution in [0.2, 0.25) is 0 Å². The molecule has 1 aliphatic rings. The summed E-state index contributed by atoms with van der Waals surface area (Å²) in [6.07, 6.45) is 4.90. The number of ether oxygens (including phenoxy) is 1. The average Bonchev–Trinajstić information content (AvgIpc) is 3.42. The fourth-order valence-corrected chi connectivity index (χ4v) is 4.46. The number of nitrogens with zero attached hydrogens (tertiary/aromatic N) is 5. The Labute approximate surface area is 183 Å². The van der Waals surface area contributed by atoms with Crippen molar-refractivity contribution in [2.24, 2.45) is 0 Å². The molecule has 0 radical (unpaired) electrons. The number of sulfone groups is 1. The van der Waals surface area contributed by atoms with Gasteiger partial charge >= 0.3 is 0 Å². The SMILES string of the molecule is Cc1nc(S(C)(=O)=O)ccc1-c1cnc(NCc2c(F)ccc3c2CCO3)n2cnnc12. The van der Waals surface area contributed by atoms with Crippen LogP contribution in [-0.2, 0) is 22.8 Å². The highest BCUT2D eigenvalue weighted by Gasteiger charge is 2.20. The first-order valence-corrected chi connectivity index (χ1v) is 11.8. The number of pyridine rings is 1. The maximum Gasteiger partial charge on any atom is 0.210 e. The Morgan fingerprint density at radius 1 is 1.22 bits per heavy atom. The van der Waals surface area contributed by atoms with E-state index in [9.17, 15) is 12.8 Å². The number of benzene rings is 1. The van der Waals surface area contributed by atoms with Gasteiger partial charge in [-0.1, -0.05) is 0 Å². The van der Waals surface area contributed by atoms with Crippen LogP contribution in [0.25, 0.3) is 16.8 Å². The van der Waals surface area contributed by atoms with Crippen LogP contribution in [0.1, 0.15) is 16.8 Å². The van der Waals surface area contributed by atoms with Crippen LogP contribution in [0.4, 0.5) is 10.3 Å². The van der Waals surface area contributed by atoms with Crippen LogP contribution in [0, 0.1) is 12.7 Å². The Hall–Kier alpha value is -3.60. The van der Waals surface area contributed by atoms with Crippen LogP contribution in [0.5, 0.6) is 5.75 Å². The molecule has 4 aromatic rings. The smallest absolute Gasteiger partial charge is 0.210 e. The van der Waals surface area contributed by atoms with Crippen molar-refractivity contribution in [2.45, 2.75) is 24.9 Å². The molecule has 164 valence electrons. The Morgan fingerprint density at radius 2 is 2.06 bits per heavy atom. The quantitative estimate of drug-likeness (QED) is 0.490. The lowest BCUT2D eigenvalue weighted by atomic mass is 10.0. The molecule has 4 heterocycles. The highest BCUT2D eigenvalue weighted by Crippen LogP contribution is 2.31. The number of hydrogen-bond donors (Lipinski definition) is 1. The van der Waals surface area contributed by atoms with Crippen molar-refractivity contribution in [3.05, 3.63) is 59.4 Å². The maximum atomic E-state index is 14.5. The zero-order valence-corrected chi connectivity index (χ0v) is 18.1. The third kappa shape index (κ3) is 3.44. The van der Waals surface area contributed by atoms with Gasteiger partial charge in [-0.05, 0) is 31.2 Å². The van der Waals surface area contributed by atoms with E-state index < -0.39 is 9.84 Å². The van der Waals surface area contributed by atoms with Gasteiger partial charge in [0.1, 0.15) is 17.9 Å². The molecule has 3 aromatic heterocycles. The van der Waals surface area contributed by atoms with Gasteiger partial charge in [0.05, 0.1) is 6.61 Å². The monoisotopic (exact) mass is 454 g/mol. The Balaban J connectivity index is 1.50. The first-order valence-electron chi connectivity index (χ1n) is 9.86. The maximum absolute atomic E-state index is 14.5. The molecular formula is C21H19FN6O3S. The van der Waals surface area contributed by atoms with E-state index in [1.807, 2.05) is 0 Å². The van der Waals surface area contributed by atoms with E-state index in [2.05, 4.69) is 25.5 Å². The number of nitrogens with one attached hydrogen (secondary N) is 1. The summed E-state index contributed by atoms with van der Waals surface area (Å²) < 4.78 is 45.2. The van der Waals surface area contributed by atoms with Crippen LogP contribution in [-0.4, -0.2) is 45.8 Å². The summed E-state index contributed by atoms with van der Waals surface area (Å²) in [5, 5.41) is 11.3. The van der Waals surface area contributed by atoms with Gasteiger partial charge in [0.2, 0.25) is 5.95 Å². The zero-order valence-electron chi connectivity index (χ0n) is 17.3. The van der Waals surface area contributed by atoms with Gasteiger partial charge in [-0.15, -0.1) is 10.2 Å². The van der Waals surface area contributed by atoms with Gasteiger partial charge in [-0.3, -0.25) is 4.40 Å². The molecule has 1 N–H and O–H groups in total. The molecule has 9 nitrogen and oxygen atoms in total. The first kappa shape index (κ1) is 20.3. The Bertz CT molecular complexity index is 1470. The highest BCUT2D eigenvalue weighted by molar-refractivity contribution is 7.90. The predicted octanol–water partition coefficient (Wildman–Crippen LogP) is 2.58. The minimum absolute atomic E-state index is 0.00359. The summed E-state index contributed by atoms with van der Waals surface area (Å²) in [5.74, 6) is 0.857. The van der Waals surface area contributed by atoms with Crippen LogP contribution < -0.4 is 10.1 Å². The number of anilines is 1. The third-order valence-electron chi connectivity index (χ3n) is 5.43. The van der Waals surface area contributed by atoms with Gasteiger partial charge in [0.15, 0.2) is 20.5 Å². The number of aryl methyl sites for hydroxylation is 1. The fraction of sp³-hybridized carbons (Fsp3) is 0.238. The standard InChI is InChI=1S/C21H19FN6O3S/c1-12-13(3-6-19(26-12)32(2,29)30)16-10-24-21(28-11-25-27-20(16)28)23-9-15-14-7-8-31-18(14)5-4-17(15)22/h3-6,10-11H,7-9H2,1-2H3,(H,23,24). The van der Waals surface area contributed by atoms with Crippen molar-refractivity contribution >= 4 is 21.4 Å². The van der Waals surface area contributed by atoms with Crippen molar-refractivity contribution in [3.63, 3.8) is 0 Å². The van der Waals surface area contributed by atoms with Gasteiger partial charge in [0.25, 0.3) is 0 Å². The molecule has 0 fully saturated rings. The van der Waals surface area contributed by atoms with Crippen molar-refractivity contribution in [2.75, 3.05) is 18.2 Å². The third-order valence-corrected chi connectivity index (χ3v) is 6.41. The van der Waals surface area contributed by atoms with Crippen molar-refractivity contribution < 1.29 is 17.5 Å². The number of rotatable bonds is 5. The number of fused-ring (bicyclic) bond motifs is 2. The summed E-state index contributed by atoms with van der Waals surface area (Å²) in [4.78, 5) is 8.69. The molecule has 1 aliphatic heterocycles. The minimum atomic E-state index is -3.41. The topological polar surface area (TPSA) is 111 Å². The molecule has 0 saturated carbocycles. The number of hydrogen-bond acceptors (Lipinski definition) is 8. The summed E-state index contributed by atoms with van der Waals surface area (Å²) in [7, 11) is -3.41. The summed E-state index contributed by atoms with van der Waals surface area (Å²) in [6.45, 7) is 2.49. The Kier molecular flexibility index (Phi) is 4.77. The van der Waals surface area contributed by atoms with Crippen molar-refractivity contribution in [3.8, 4) is 16.9 Å². The van der Waals surface area contributed by atoms with E-state index in [0.29, 0.717) is 52.8 Å². The minimum Gasteiger partial charge on any atom is -0.493 e.